The summed E-state index contributed by atoms with van der Waals surface area (Å²) < 4.78 is 0. The first-order valence-electron chi connectivity index (χ1n) is 7.95. The number of anilines is 1. The fourth-order valence-electron chi connectivity index (χ4n) is 3.45. The molecule has 3 heteroatoms. The molecule has 0 N–H and O–H groups in total. The van der Waals surface area contributed by atoms with Crippen molar-refractivity contribution in [2.75, 3.05) is 18.0 Å². The number of benzene rings is 2. The van der Waals surface area contributed by atoms with Crippen LogP contribution in [0.3, 0.4) is 0 Å². The lowest BCUT2D eigenvalue weighted by atomic mass is 9.96. The summed E-state index contributed by atoms with van der Waals surface area (Å²) in [6.07, 6.45) is 0.878. The summed E-state index contributed by atoms with van der Waals surface area (Å²) in [5.41, 5.74) is 6.52. The normalized spacial score (nSPS) is 16.6. The van der Waals surface area contributed by atoms with Gasteiger partial charge in [-0.2, -0.15) is 0 Å². The number of hydrogen-bond donors (Lipinski definition) is 0. The average Bonchev–Trinajstić information content (AvgIpc) is 2.88. The number of carbonyl (C=O) groups is 1. The van der Waals surface area contributed by atoms with Gasteiger partial charge in [-0.15, -0.1) is 0 Å². The SMILES string of the molecule is CC1=NCC2=C1c1ccccc1N(C(=O)c1ccccc1)CC2. The van der Waals surface area contributed by atoms with E-state index in [2.05, 4.69) is 18.0 Å². The first-order valence-corrected chi connectivity index (χ1v) is 7.95. The molecule has 4 rings (SSSR count). The molecule has 0 radical (unpaired) electrons. The summed E-state index contributed by atoms with van der Waals surface area (Å²) in [5, 5.41) is 0. The van der Waals surface area contributed by atoms with Crippen LogP contribution < -0.4 is 4.90 Å². The molecule has 3 nitrogen and oxygen atoms in total. The molecule has 0 saturated carbocycles. The molecular weight excluding hydrogens is 284 g/mol. The highest BCUT2D eigenvalue weighted by Crippen LogP contribution is 2.37. The van der Waals surface area contributed by atoms with Crippen molar-refractivity contribution in [3.05, 3.63) is 71.3 Å². The Hall–Kier alpha value is -2.68. The molecule has 2 aliphatic rings. The maximum atomic E-state index is 13.0. The highest BCUT2D eigenvalue weighted by molar-refractivity contribution is 6.27. The van der Waals surface area contributed by atoms with Gasteiger partial charge >= 0.3 is 0 Å². The van der Waals surface area contributed by atoms with Crippen molar-refractivity contribution in [1.82, 2.24) is 0 Å². The van der Waals surface area contributed by atoms with Gasteiger partial charge in [0, 0.05) is 29.0 Å². The molecule has 23 heavy (non-hydrogen) atoms. The van der Waals surface area contributed by atoms with Crippen molar-refractivity contribution in [2.45, 2.75) is 13.3 Å². The lowest BCUT2D eigenvalue weighted by molar-refractivity contribution is 0.0987. The van der Waals surface area contributed by atoms with Gasteiger partial charge in [-0.05, 0) is 37.1 Å². The third-order valence-electron chi connectivity index (χ3n) is 4.59. The Morgan fingerprint density at radius 2 is 1.78 bits per heavy atom. The average molecular weight is 302 g/mol. The summed E-state index contributed by atoms with van der Waals surface area (Å²) in [6, 6.07) is 17.7. The summed E-state index contributed by atoms with van der Waals surface area (Å²) in [6.45, 7) is 3.53. The highest BCUT2D eigenvalue weighted by atomic mass is 16.2. The van der Waals surface area contributed by atoms with Crippen LogP contribution in [0.25, 0.3) is 5.57 Å². The highest BCUT2D eigenvalue weighted by Gasteiger charge is 2.28. The lowest BCUT2D eigenvalue weighted by Crippen LogP contribution is -2.32. The van der Waals surface area contributed by atoms with E-state index in [1.165, 1.54) is 11.1 Å². The number of aliphatic imine (C=N–C) groups is 1. The molecule has 1 amide bonds. The van der Waals surface area contributed by atoms with Crippen molar-refractivity contribution < 1.29 is 4.79 Å². The van der Waals surface area contributed by atoms with E-state index in [4.69, 9.17) is 0 Å². The zero-order valence-electron chi connectivity index (χ0n) is 13.1. The Kier molecular flexibility index (Phi) is 3.34. The molecule has 0 aromatic heterocycles. The second-order valence-electron chi connectivity index (χ2n) is 5.97. The van der Waals surface area contributed by atoms with Gasteiger partial charge in [-0.1, -0.05) is 36.4 Å². The Bertz CT molecular complexity index is 834. The molecule has 114 valence electrons. The molecule has 0 unspecified atom stereocenters. The minimum absolute atomic E-state index is 0.0637. The molecule has 0 bridgehead atoms. The monoisotopic (exact) mass is 302 g/mol. The van der Waals surface area contributed by atoms with E-state index in [9.17, 15) is 4.79 Å². The van der Waals surface area contributed by atoms with E-state index in [0.29, 0.717) is 6.54 Å². The minimum atomic E-state index is 0.0637. The smallest absolute Gasteiger partial charge is 0.258 e. The minimum Gasteiger partial charge on any atom is -0.307 e. The molecular formula is C20H18N2O. The van der Waals surface area contributed by atoms with E-state index < -0.39 is 0 Å². The summed E-state index contributed by atoms with van der Waals surface area (Å²) >= 11 is 0. The largest absolute Gasteiger partial charge is 0.307 e. The third-order valence-corrected chi connectivity index (χ3v) is 4.59. The fraction of sp³-hybridized carbons (Fsp3) is 0.200. The quantitative estimate of drug-likeness (QED) is 0.784. The molecule has 2 heterocycles. The second-order valence-corrected chi connectivity index (χ2v) is 5.97. The predicted octanol–water partition coefficient (Wildman–Crippen LogP) is 3.97. The predicted molar refractivity (Wildman–Crippen MR) is 94.1 cm³/mol. The maximum Gasteiger partial charge on any atom is 0.258 e. The summed E-state index contributed by atoms with van der Waals surface area (Å²) in [7, 11) is 0. The van der Waals surface area contributed by atoms with Crippen LogP contribution in [0.15, 0.2) is 65.2 Å². The zero-order valence-corrected chi connectivity index (χ0v) is 13.1. The number of amides is 1. The molecule has 0 fully saturated rings. The van der Waals surface area contributed by atoms with Crippen LogP contribution in [0.1, 0.15) is 29.3 Å². The topological polar surface area (TPSA) is 32.7 Å². The Labute approximate surface area is 136 Å². The van der Waals surface area contributed by atoms with Crippen LogP contribution in [0.4, 0.5) is 5.69 Å². The zero-order chi connectivity index (χ0) is 15.8. The molecule has 2 aromatic rings. The summed E-state index contributed by atoms with van der Waals surface area (Å²) in [4.78, 5) is 19.5. The van der Waals surface area contributed by atoms with Crippen LogP contribution in [0, 0.1) is 0 Å². The Morgan fingerprint density at radius 1 is 1.04 bits per heavy atom. The fourth-order valence-corrected chi connectivity index (χ4v) is 3.45. The number of carbonyl (C=O) groups excluding carboxylic acids is 1. The van der Waals surface area contributed by atoms with Crippen LogP contribution in [-0.4, -0.2) is 24.7 Å². The lowest BCUT2D eigenvalue weighted by Gasteiger charge is -2.23. The first-order chi connectivity index (χ1) is 11.3. The molecule has 2 aromatic carbocycles. The third kappa shape index (κ3) is 2.29. The van der Waals surface area contributed by atoms with E-state index in [0.717, 1.165) is 35.5 Å². The van der Waals surface area contributed by atoms with Crippen molar-refractivity contribution in [3.8, 4) is 0 Å². The number of allylic oxidation sites excluding steroid dienone is 1. The van der Waals surface area contributed by atoms with Crippen molar-refractivity contribution in [1.29, 1.82) is 0 Å². The molecule has 0 aliphatic carbocycles. The van der Waals surface area contributed by atoms with Gasteiger partial charge in [0.15, 0.2) is 0 Å². The van der Waals surface area contributed by atoms with Crippen molar-refractivity contribution >= 4 is 22.9 Å². The first kappa shape index (κ1) is 13.9. The van der Waals surface area contributed by atoms with Gasteiger partial charge in [0.25, 0.3) is 5.91 Å². The maximum absolute atomic E-state index is 13.0. The number of hydrogen-bond acceptors (Lipinski definition) is 2. The van der Waals surface area contributed by atoms with E-state index in [-0.39, 0.29) is 5.91 Å². The Morgan fingerprint density at radius 3 is 2.61 bits per heavy atom. The van der Waals surface area contributed by atoms with E-state index in [1.807, 2.05) is 53.4 Å². The van der Waals surface area contributed by atoms with Crippen LogP contribution in [-0.2, 0) is 0 Å². The number of fused-ring (bicyclic) bond motifs is 2. The second kappa shape index (κ2) is 5.51. The molecule has 0 spiro atoms. The van der Waals surface area contributed by atoms with Gasteiger partial charge in [0.2, 0.25) is 0 Å². The molecule has 2 aliphatic heterocycles. The van der Waals surface area contributed by atoms with Crippen molar-refractivity contribution in [2.24, 2.45) is 4.99 Å². The number of nitrogens with zero attached hydrogens (tertiary/aromatic N) is 2. The van der Waals surface area contributed by atoms with Crippen molar-refractivity contribution in [3.63, 3.8) is 0 Å². The van der Waals surface area contributed by atoms with Gasteiger partial charge in [-0.3, -0.25) is 9.79 Å². The Balaban J connectivity index is 1.81. The van der Waals surface area contributed by atoms with Gasteiger partial charge in [-0.25, -0.2) is 0 Å². The van der Waals surface area contributed by atoms with Gasteiger partial charge < -0.3 is 4.90 Å². The number of para-hydroxylation sites is 1. The number of rotatable bonds is 1. The van der Waals surface area contributed by atoms with Crippen LogP contribution in [0.5, 0.6) is 0 Å². The van der Waals surface area contributed by atoms with Crippen LogP contribution >= 0.6 is 0 Å². The summed E-state index contributed by atoms with van der Waals surface area (Å²) in [5.74, 6) is 0.0637. The standard InChI is InChI=1S/C20H18N2O/c1-14-19-16(13-21-14)11-12-22(18-10-6-5-9-17(18)19)20(23)15-7-3-2-4-8-15/h2-10H,11-13H2,1H3. The molecule has 0 atom stereocenters. The molecule has 0 saturated heterocycles. The van der Waals surface area contributed by atoms with Gasteiger partial charge in [0.05, 0.1) is 12.2 Å². The van der Waals surface area contributed by atoms with E-state index in [1.54, 1.807) is 0 Å². The van der Waals surface area contributed by atoms with Crippen LogP contribution in [0.2, 0.25) is 0 Å². The van der Waals surface area contributed by atoms with E-state index >= 15 is 0 Å². The van der Waals surface area contributed by atoms with Gasteiger partial charge in [0.1, 0.15) is 0 Å².